The third-order valence-corrected chi connectivity index (χ3v) is 4.91. The zero-order valence-corrected chi connectivity index (χ0v) is 12.8. The molecule has 0 saturated heterocycles. The Morgan fingerprint density at radius 2 is 1.70 bits per heavy atom. The van der Waals surface area contributed by atoms with Gasteiger partial charge in [0.1, 0.15) is 10.5 Å². The minimum Gasteiger partial charge on any atom is -0.252 e. The third kappa shape index (κ3) is 1.90. The van der Waals surface area contributed by atoms with Crippen LogP contribution in [-0.2, 0) is 0 Å². The molecule has 0 spiro atoms. The van der Waals surface area contributed by atoms with Crippen LogP contribution in [-0.4, -0.2) is 19.9 Å². The van der Waals surface area contributed by atoms with E-state index in [1.165, 1.54) is 0 Å². The molecule has 0 atom stereocenters. The quantitative estimate of drug-likeness (QED) is 0.458. The van der Waals surface area contributed by atoms with E-state index < -0.39 is 0 Å². The van der Waals surface area contributed by atoms with Crippen LogP contribution in [0.25, 0.3) is 42.7 Å². The molecular formula is C18H10N4S. The van der Waals surface area contributed by atoms with Crippen LogP contribution in [0.5, 0.6) is 0 Å². The number of pyridine rings is 2. The summed E-state index contributed by atoms with van der Waals surface area (Å²) < 4.78 is 1.04. The van der Waals surface area contributed by atoms with Gasteiger partial charge in [-0.05, 0) is 23.6 Å². The summed E-state index contributed by atoms with van der Waals surface area (Å²) in [6, 6.07) is 14.1. The maximum atomic E-state index is 4.78. The van der Waals surface area contributed by atoms with Crippen molar-refractivity contribution in [3.8, 4) is 11.5 Å². The Labute approximate surface area is 135 Å². The molecule has 1 aromatic carbocycles. The van der Waals surface area contributed by atoms with E-state index in [9.17, 15) is 0 Å². The molecule has 0 aliphatic carbocycles. The summed E-state index contributed by atoms with van der Waals surface area (Å²) in [6.45, 7) is 0. The van der Waals surface area contributed by atoms with E-state index in [1.807, 2.05) is 30.5 Å². The Hall–Kier alpha value is -2.92. The highest BCUT2D eigenvalue weighted by atomic mass is 32.1. The van der Waals surface area contributed by atoms with Gasteiger partial charge in [0.05, 0.1) is 10.2 Å². The van der Waals surface area contributed by atoms with Gasteiger partial charge in [-0.15, -0.1) is 11.3 Å². The number of hydrogen-bond acceptors (Lipinski definition) is 5. The summed E-state index contributed by atoms with van der Waals surface area (Å²) >= 11 is 1.61. The van der Waals surface area contributed by atoms with Gasteiger partial charge in [0.15, 0.2) is 5.82 Å². The van der Waals surface area contributed by atoms with Gasteiger partial charge in [0, 0.05) is 29.4 Å². The first kappa shape index (κ1) is 12.6. The van der Waals surface area contributed by atoms with Gasteiger partial charge in [-0.2, -0.15) is 0 Å². The fourth-order valence-electron chi connectivity index (χ4n) is 2.81. The van der Waals surface area contributed by atoms with E-state index in [2.05, 4.69) is 33.2 Å². The third-order valence-electron chi connectivity index (χ3n) is 3.87. The lowest BCUT2D eigenvalue weighted by atomic mass is 10.1. The molecule has 0 amide bonds. The molecule has 0 radical (unpaired) electrons. The average molecular weight is 314 g/mol. The highest BCUT2D eigenvalue weighted by molar-refractivity contribution is 7.25. The van der Waals surface area contributed by atoms with Gasteiger partial charge >= 0.3 is 0 Å². The molecule has 5 rings (SSSR count). The van der Waals surface area contributed by atoms with Crippen LogP contribution in [0.1, 0.15) is 0 Å². The normalized spacial score (nSPS) is 11.5. The second kappa shape index (κ2) is 4.79. The second-order valence-corrected chi connectivity index (χ2v) is 6.28. The summed E-state index contributed by atoms with van der Waals surface area (Å²) in [6.07, 6.45) is 5.48. The first-order valence-corrected chi connectivity index (χ1v) is 8.06. The van der Waals surface area contributed by atoms with E-state index in [0.29, 0.717) is 5.82 Å². The van der Waals surface area contributed by atoms with Crippen LogP contribution in [0.3, 0.4) is 0 Å². The van der Waals surface area contributed by atoms with Crippen molar-refractivity contribution in [2.75, 3.05) is 0 Å². The number of aromatic nitrogens is 4. The van der Waals surface area contributed by atoms with Gasteiger partial charge in [-0.3, -0.25) is 4.98 Å². The highest BCUT2D eigenvalue weighted by Crippen LogP contribution is 2.32. The molecule has 4 nitrogen and oxygen atoms in total. The summed E-state index contributed by atoms with van der Waals surface area (Å²) in [5.41, 5.74) is 1.76. The van der Waals surface area contributed by atoms with Gasteiger partial charge in [0.2, 0.25) is 0 Å². The summed E-state index contributed by atoms with van der Waals surface area (Å²) in [5.74, 6) is 0.651. The van der Waals surface area contributed by atoms with Crippen molar-refractivity contribution in [1.82, 2.24) is 19.9 Å². The number of benzene rings is 1. The average Bonchev–Trinajstić information content (AvgIpc) is 2.99. The fourth-order valence-corrected chi connectivity index (χ4v) is 3.76. The van der Waals surface area contributed by atoms with Crippen molar-refractivity contribution in [2.24, 2.45) is 0 Å². The molecular weight excluding hydrogens is 304 g/mol. The lowest BCUT2D eigenvalue weighted by Gasteiger charge is -2.04. The van der Waals surface area contributed by atoms with Crippen LogP contribution < -0.4 is 0 Å². The van der Waals surface area contributed by atoms with Gasteiger partial charge in [-0.25, -0.2) is 15.0 Å². The van der Waals surface area contributed by atoms with Crippen LogP contribution >= 0.6 is 11.3 Å². The minimum absolute atomic E-state index is 0.651. The molecule has 4 aromatic heterocycles. The molecule has 4 heterocycles. The Kier molecular flexibility index (Phi) is 2.63. The Balaban J connectivity index is 1.84. The molecule has 5 heteroatoms. The van der Waals surface area contributed by atoms with E-state index >= 15 is 0 Å². The van der Waals surface area contributed by atoms with Crippen LogP contribution in [0.15, 0.2) is 61.1 Å². The number of thiophene rings is 1. The van der Waals surface area contributed by atoms with Crippen molar-refractivity contribution in [3.05, 3.63) is 61.1 Å². The van der Waals surface area contributed by atoms with Crippen molar-refractivity contribution in [3.63, 3.8) is 0 Å². The Morgan fingerprint density at radius 1 is 0.783 bits per heavy atom. The Morgan fingerprint density at radius 3 is 2.70 bits per heavy atom. The maximum Gasteiger partial charge on any atom is 0.179 e. The van der Waals surface area contributed by atoms with E-state index in [1.54, 1.807) is 23.7 Å². The van der Waals surface area contributed by atoms with Crippen LogP contribution in [0.2, 0.25) is 0 Å². The second-order valence-electron chi connectivity index (χ2n) is 5.25. The van der Waals surface area contributed by atoms with Crippen LogP contribution in [0, 0.1) is 0 Å². The van der Waals surface area contributed by atoms with Crippen molar-refractivity contribution >= 4 is 42.5 Å². The molecule has 0 saturated carbocycles. The SMILES string of the molecule is c1ccc2c(-c3ncc4sc5ncccc5c4n3)nccc2c1. The number of rotatable bonds is 1. The zero-order chi connectivity index (χ0) is 15.2. The molecule has 0 unspecified atom stereocenters. The lowest BCUT2D eigenvalue weighted by molar-refractivity contribution is 1.20. The summed E-state index contributed by atoms with van der Waals surface area (Å²) in [7, 11) is 0. The molecule has 0 N–H and O–H groups in total. The molecule has 0 aliphatic heterocycles. The minimum atomic E-state index is 0.651. The van der Waals surface area contributed by atoms with Crippen LogP contribution in [0.4, 0.5) is 0 Å². The largest absolute Gasteiger partial charge is 0.252 e. The van der Waals surface area contributed by atoms with E-state index in [0.717, 1.165) is 36.9 Å². The molecule has 0 fully saturated rings. The number of fused-ring (bicyclic) bond motifs is 4. The predicted molar refractivity (Wildman–Crippen MR) is 93.5 cm³/mol. The van der Waals surface area contributed by atoms with Crippen molar-refractivity contribution in [1.29, 1.82) is 0 Å². The lowest BCUT2D eigenvalue weighted by Crippen LogP contribution is -1.92. The van der Waals surface area contributed by atoms with E-state index in [4.69, 9.17) is 4.98 Å². The fraction of sp³-hybridized carbons (Fsp3) is 0. The molecule has 5 aromatic rings. The molecule has 23 heavy (non-hydrogen) atoms. The van der Waals surface area contributed by atoms with E-state index in [-0.39, 0.29) is 0 Å². The standard InChI is InChI=1S/C18H10N4S/c1-2-5-12-11(4-1)7-9-19-16(12)17-21-10-14-15(22-17)13-6-3-8-20-18(13)23-14/h1-10H. The zero-order valence-electron chi connectivity index (χ0n) is 12.0. The smallest absolute Gasteiger partial charge is 0.179 e. The maximum absolute atomic E-state index is 4.78. The number of hydrogen-bond donors (Lipinski definition) is 0. The van der Waals surface area contributed by atoms with Crippen molar-refractivity contribution in [2.45, 2.75) is 0 Å². The van der Waals surface area contributed by atoms with Crippen molar-refractivity contribution < 1.29 is 0 Å². The molecule has 0 bridgehead atoms. The predicted octanol–water partition coefficient (Wildman–Crippen LogP) is 4.45. The van der Waals surface area contributed by atoms with Gasteiger partial charge < -0.3 is 0 Å². The summed E-state index contributed by atoms with van der Waals surface area (Å²) in [4.78, 5) is 19.2. The number of nitrogens with zero attached hydrogens (tertiary/aromatic N) is 4. The Bertz CT molecular complexity index is 1170. The highest BCUT2D eigenvalue weighted by Gasteiger charge is 2.12. The topological polar surface area (TPSA) is 51.6 Å². The summed E-state index contributed by atoms with van der Waals surface area (Å²) in [5, 5.41) is 3.27. The molecule has 0 aliphatic rings. The first-order chi connectivity index (χ1) is 11.4. The molecule has 108 valence electrons. The van der Waals surface area contributed by atoms with Gasteiger partial charge in [-0.1, -0.05) is 24.3 Å². The van der Waals surface area contributed by atoms with Gasteiger partial charge in [0.25, 0.3) is 0 Å². The monoisotopic (exact) mass is 314 g/mol. The first-order valence-electron chi connectivity index (χ1n) is 7.24.